The van der Waals surface area contributed by atoms with Crippen LogP contribution in [0.4, 0.5) is 14.9 Å². The third kappa shape index (κ3) is 5.54. The van der Waals surface area contributed by atoms with Crippen LogP contribution in [0, 0.1) is 6.92 Å². The molecule has 0 spiro atoms. The number of aromatic nitrogens is 2. The molecule has 8 nitrogen and oxygen atoms in total. The van der Waals surface area contributed by atoms with Crippen LogP contribution in [-0.2, 0) is 6.67 Å². The van der Waals surface area contributed by atoms with Crippen LogP contribution in [0.15, 0.2) is 57.0 Å². The number of carboxylic acid groups (broad SMARTS) is 1. The summed E-state index contributed by atoms with van der Waals surface area (Å²) in [7, 11) is 1.47. The second-order valence-corrected chi connectivity index (χ2v) is 7.05. The highest BCUT2D eigenvalue weighted by atomic mass is 32.2. The van der Waals surface area contributed by atoms with Crippen LogP contribution >= 0.6 is 11.8 Å². The number of benzene rings is 2. The molecule has 1 N–H and O–H groups in total. The third-order valence-electron chi connectivity index (χ3n) is 4.12. The van der Waals surface area contributed by atoms with Gasteiger partial charge in [0.15, 0.2) is 0 Å². The standard InChI is InChI=1S/C21H19FN4O4S/c1-12-23-19(26-30-12)14-4-6-16(7-5-14)24-18(20(31-3)25-21(27)28)15-8-13(11-22)9-17(10-15)29-2/h4-10H,11H2,1-3H3,(H,27,28). The monoisotopic (exact) mass is 442 g/mol. The van der Waals surface area contributed by atoms with Gasteiger partial charge in [-0.25, -0.2) is 14.2 Å². The predicted molar refractivity (Wildman–Crippen MR) is 117 cm³/mol. The number of aliphatic imine (C=N–C) groups is 2. The summed E-state index contributed by atoms with van der Waals surface area (Å²) in [4.78, 5) is 23.7. The van der Waals surface area contributed by atoms with E-state index >= 15 is 0 Å². The molecule has 0 saturated carbocycles. The highest BCUT2D eigenvalue weighted by Gasteiger charge is 2.16. The molecule has 0 saturated heterocycles. The van der Waals surface area contributed by atoms with Gasteiger partial charge in [0.2, 0.25) is 11.7 Å². The van der Waals surface area contributed by atoms with E-state index in [1.807, 2.05) is 0 Å². The van der Waals surface area contributed by atoms with E-state index in [2.05, 4.69) is 20.1 Å². The van der Waals surface area contributed by atoms with E-state index < -0.39 is 12.8 Å². The second kappa shape index (κ2) is 9.98. The van der Waals surface area contributed by atoms with Crippen LogP contribution < -0.4 is 4.74 Å². The molecule has 3 aromatic rings. The van der Waals surface area contributed by atoms with Crippen LogP contribution in [0.1, 0.15) is 17.0 Å². The largest absolute Gasteiger partial charge is 0.497 e. The number of rotatable bonds is 6. The molecule has 0 aliphatic carbocycles. The molecule has 0 aliphatic heterocycles. The molecule has 1 amide bonds. The average molecular weight is 442 g/mol. The van der Waals surface area contributed by atoms with Crippen molar-refractivity contribution in [2.45, 2.75) is 13.6 Å². The lowest BCUT2D eigenvalue weighted by atomic mass is 10.1. The van der Waals surface area contributed by atoms with Crippen molar-refractivity contribution >= 4 is 34.3 Å². The summed E-state index contributed by atoms with van der Waals surface area (Å²) in [5.74, 6) is 1.33. The van der Waals surface area contributed by atoms with E-state index in [0.29, 0.717) is 34.3 Å². The number of methoxy groups -OCH3 is 1. The first-order valence-electron chi connectivity index (χ1n) is 9.03. The molecule has 0 atom stereocenters. The molecule has 1 heterocycles. The molecule has 160 valence electrons. The van der Waals surface area contributed by atoms with Gasteiger partial charge in [-0.2, -0.15) is 9.98 Å². The van der Waals surface area contributed by atoms with Gasteiger partial charge in [-0.15, -0.1) is 11.8 Å². The lowest BCUT2D eigenvalue weighted by Gasteiger charge is -2.11. The number of halogens is 1. The highest BCUT2D eigenvalue weighted by molar-refractivity contribution is 8.15. The van der Waals surface area contributed by atoms with Crippen LogP contribution in [0.3, 0.4) is 0 Å². The quantitative estimate of drug-likeness (QED) is 0.418. The maximum absolute atomic E-state index is 13.4. The zero-order valence-corrected chi connectivity index (χ0v) is 17.8. The number of hydrogen-bond acceptors (Lipinski definition) is 7. The first kappa shape index (κ1) is 22.2. The number of nitrogens with zero attached hydrogens (tertiary/aromatic N) is 4. The van der Waals surface area contributed by atoms with Gasteiger partial charge in [-0.3, -0.25) is 0 Å². The van der Waals surface area contributed by atoms with Gasteiger partial charge in [0.25, 0.3) is 0 Å². The number of alkyl halides is 1. The zero-order chi connectivity index (χ0) is 22.4. The van der Waals surface area contributed by atoms with Gasteiger partial charge >= 0.3 is 6.09 Å². The summed E-state index contributed by atoms with van der Waals surface area (Å²) in [5, 5.41) is 13.2. The summed E-state index contributed by atoms with van der Waals surface area (Å²) in [5.41, 5.74) is 2.42. The first-order chi connectivity index (χ1) is 14.9. The Kier molecular flexibility index (Phi) is 7.14. The Hall–Kier alpha value is -3.53. The molecular formula is C21H19FN4O4S. The van der Waals surface area contributed by atoms with E-state index in [4.69, 9.17) is 9.26 Å². The Morgan fingerprint density at radius 2 is 2.00 bits per heavy atom. The van der Waals surface area contributed by atoms with Crippen molar-refractivity contribution in [2.24, 2.45) is 9.98 Å². The molecule has 0 fully saturated rings. The van der Waals surface area contributed by atoms with Crippen molar-refractivity contribution in [3.05, 3.63) is 59.5 Å². The minimum absolute atomic E-state index is 0.170. The summed E-state index contributed by atoms with van der Waals surface area (Å²) >= 11 is 1.12. The number of hydrogen-bond donors (Lipinski definition) is 1. The number of amides is 1. The lowest BCUT2D eigenvalue weighted by Crippen LogP contribution is -2.14. The van der Waals surface area contributed by atoms with Crippen LogP contribution in [0.25, 0.3) is 11.4 Å². The number of ether oxygens (including phenoxy) is 1. The Morgan fingerprint density at radius 1 is 1.26 bits per heavy atom. The van der Waals surface area contributed by atoms with E-state index in [0.717, 1.165) is 17.3 Å². The Morgan fingerprint density at radius 3 is 2.55 bits per heavy atom. The molecule has 2 aromatic carbocycles. The number of aryl methyl sites for hydroxylation is 1. The maximum atomic E-state index is 13.4. The van der Waals surface area contributed by atoms with Gasteiger partial charge in [-0.1, -0.05) is 5.16 Å². The molecule has 0 unspecified atom stereocenters. The minimum atomic E-state index is -1.35. The lowest BCUT2D eigenvalue weighted by molar-refractivity contribution is 0.206. The first-order valence-corrected chi connectivity index (χ1v) is 10.3. The van der Waals surface area contributed by atoms with Gasteiger partial charge in [0, 0.05) is 18.1 Å². The Balaban J connectivity index is 2.10. The van der Waals surface area contributed by atoms with Crippen molar-refractivity contribution < 1.29 is 23.6 Å². The van der Waals surface area contributed by atoms with E-state index in [1.165, 1.54) is 7.11 Å². The van der Waals surface area contributed by atoms with Gasteiger partial charge in [0.1, 0.15) is 23.2 Å². The molecule has 0 aliphatic rings. The van der Waals surface area contributed by atoms with Gasteiger partial charge in [0.05, 0.1) is 12.8 Å². The predicted octanol–water partition coefficient (Wildman–Crippen LogP) is 5.08. The summed E-state index contributed by atoms with van der Waals surface area (Å²) < 4.78 is 23.6. The molecule has 1 aromatic heterocycles. The highest BCUT2D eigenvalue weighted by Crippen LogP contribution is 2.25. The molecule has 3 rings (SSSR count). The minimum Gasteiger partial charge on any atom is -0.497 e. The smallest absolute Gasteiger partial charge is 0.432 e. The van der Waals surface area contributed by atoms with Crippen LogP contribution in [-0.4, -0.2) is 45.5 Å². The van der Waals surface area contributed by atoms with Crippen LogP contribution in [0.5, 0.6) is 5.75 Å². The van der Waals surface area contributed by atoms with Crippen molar-refractivity contribution in [1.82, 2.24) is 10.1 Å². The van der Waals surface area contributed by atoms with Crippen molar-refractivity contribution in [3.63, 3.8) is 0 Å². The van der Waals surface area contributed by atoms with Crippen molar-refractivity contribution in [1.29, 1.82) is 0 Å². The summed E-state index contributed by atoms with van der Waals surface area (Å²) in [6.45, 7) is 0.994. The molecule has 10 heteroatoms. The maximum Gasteiger partial charge on any atom is 0.432 e. The van der Waals surface area contributed by atoms with Crippen molar-refractivity contribution in [2.75, 3.05) is 13.4 Å². The van der Waals surface area contributed by atoms with E-state index in [9.17, 15) is 14.3 Å². The molecule has 0 bridgehead atoms. The van der Waals surface area contributed by atoms with Gasteiger partial charge < -0.3 is 14.4 Å². The topological polar surface area (TPSA) is 110 Å². The fraction of sp³-hybridized carbons (Fsp3) is 0.190. The van der Waals surface area contributed by atoms with E-state index in [-0.39, 0.29) is 10.8 Å². The Bertz CT molecular complexity index is 1120. The van der Waals surface area contributed by atoms with Crippen molar-refractivity contribution in [3.8, 4) is 17.1 Å². The SMILES string of the molecule is COc1cc(CF)cc(C(=Nc2ccc(-c3noc(C)n3)cc2)C(=NC(=O)O)SC)c1. The Labute approximate surface area is 181 Å². The van der Waals surface area contributed by atoms with Gasteiger partial charge in [-0.05, 0) is 54.3 Å². The molecule has 0 radical (unpaired) electrons. The second-order valence-electron chi connectivity index (χ2n) is 6.25. The van der Waals surface area contributed by atoms with Crippen LogP contribution in [0.2, 0.25) is 0 Å². The normalized spacial score (nSPS) is 12.1. The zero-order valence-electron chi connectivity index (χ0n) is 17.0. The summed E-state index contributed by atoms with van der Waals surface area (Å²) in [6, 6.07) is 11.8. The fourth-order valence-electron chi connectivity index (χ4n) is 2.74. The molecule has 31 heavy (non-hydrogen) atoms. The fourth-order valence-corrected chi connectivity index (χ4v) is 3.27. The summed E-state index contributed by atoms with van der Waals surface area (Å²) in [6.07, 6.45) is 0.336. The molecular weight excluding hydrogens is 423 g/mol. The van der Waals surface area contributed by atoms with E-state index in [1.54, 1.807) is 55.6 Å². The average Bonchev–Trinajstić information content (AvgIpc) is 3.22. The number of thioether (sulfide) groups is 1. The number of carbonyl (C=O) groups is 1. The third-order valence-corrected chi connectivity index (χ3v) is 4.79.